The lowest BCUT2D eigenvalue weighted by Gasteiger charge is -2.35. The third kappa shape index (κ3) is 4.29. The molecule has 6 nitrogen and oxygen atoms in total. The zero-order chi connectivity index (χ0) is 15.5. The first-order valence-electron chi connectivity index (χ1n) is 7.30. The molecule has 120 valence electrons. The molecule has 0 aromatic carbocycles. The van der Waals surface area contributed by atoms with Crippen molar-refractivity contribution in [2.45, 2.75) is 49.8 Å². The number of hydrogen-bond donors (Lipinski definition) is 3. The summed E-state index contributed by atoms with van der Waals surface area (Å²) in [5, 5.41) is 13.6. The first kappa shape index (κ1) is 16.5. The molecule has 0 aliphatic heterocycles. The number of nitrogens with one attached hydrogen (secondary N) is 2. The van der Waals surface area contributed by atoms with Gasteiger partial charge < -0.3 is 14.8 Å². The molecule has 0 saturated heterocycles. The van der Waals surface area contributed by atoms with Crippen LogP contribution in [0.4, 0.5) is 0 Å². The van der Waals surface area contributed by atoms with Gasteiger partial charge in [-0.1, -0.05) is 19.8 Å². The van der Waals surface area contributed by atoms with Crippen LogP contribution in [0.15, 0.2) is 21.6 Å². The minimum Gasteiger partial charge on any atom is -0.447 e. The second kappa shape index (κ2) is 6.48. The van der Waals surface area contributed by atoms with Crippen molar-refractivity contribution in [3.8, 4) is 0 Å². The molecule has 0 amide bonds. The van der Waals surface area contributed by atoms with Crippen LogP contribution in [0.25, 0.3) is 0 Å². The van der Waals surface area contributed by atoms with E-state index in [2.05, 4.69) is 17.0 Å². The summed E-state index contributed by atoms with van der Waals surface area (Å²) in [5.74, 6) is 1.08. The van der Waals surface area contributed by atoms with E-state index < -0.39 is 15.6 Å². The van der Waals surface area contributed by atoms with Gasteiger partial charge in [-0.25, -0.2) is 13.1 Å². The smallest absolute Gasteiger partial charge is 0.273 e. The molecule has 7 heteroatoms. The van der Waals surface area contributed by atoms with Crippen molar-refractivity contribution in [1.29, 1.82) is 0 Å². The molecule has 1 heterocycles. The molecule has 1 aliphatic rings. The average molecular weight is 316 g/mol. The van der Waals surface area contributed by atoms with Gasteiger partial charge in [0, 0.05) is 6.54 Å². The highest BCUT2D eigenvalue weighted by molar-refractivity contribution is 7.89. The van der Waals surface area contributed by atoms with E-state index in [1.165, 1.54) is 19.5 Å². The number of aliphatic hydroxyl groups is 1. The predicted octanol–water partition coefficient (Wildman–Crippen LogP) is 1.22. The molecule has 2 atom stereocenters. The van der Waals surface area contributed by atoms with Crippen molar-refractivity contribution in [3.63, 3.8) is 0 Å². The molecule has 21 heavy (non-hydrogen) atoms. The van der Waals surface area contributed by atoms with Gasteiger partial charge in [-0.05, 0) is 37.9 Å². The zero-order valence-electron chi connectivity index (χ0n) is 12.6. The van der Waals surface area contributed by atoms with Crippen molar-refractivity contribution < 1.29 is 17.9 Å². The highest BCUT2D eigenvalue weighted by atomic mass is 32.2. The van der Waals surface area contributed by atoms with Gasteiger partial charge in [0.25, 0.3) is 10.0 Å². The summed E-state index contributed by atoms with van der Waals surface area (Å²) in [5.41, 5.74) is -0.663. The van der Waals surface area contributed by atoms with Gasteiger partial charge in [-0.3, -0.25) is 0 Å². The third-order valence-corrected chi connectivity index (χ3v) is 5.28. The van der Waals surface area contributed by atoms with Gasteiger partial charge in [-0.2, -0.15) is 0 Å². The predicted molar refractivity (Wildman–Crippen MR) is 79.2 cm³/mol. The first-order chi connectivity index (χ1) is 9.85. The van der Waals surface area contributed by atoms with Crippen molar-refractivity contribution in [2.24, 2.45) is 5.92 Å². The van der Waals surface area contributed by atoms with E-state index in [1.54, 1.807) is 6.07 Å². The Bertz CT molecular complexity index is 569. The van der Waals surface area contributed by atoms with Crippen LogP contribution in [0.2, 0.25) is 0 Å². The standard InChI is InChI=1S/C14H24N2O4S/c1-11-4-3-7-14(17,8-11)10-16-9-12-5-6-13(20-12)21(18,19)15-2/h5-6,11,15-17H,3-4,7-10H2,1-2H3. The van der Waals surface area contributed by atoms with Gasteiger partial charge in [0.1, 0.15) is 5.76 Å². The van der Waals surface area contributed by atoms with E-state index in [-0.39, 0.29) is 5.09 Å². The van der Waals surface area contributed by atoms with Crippen LogP contribution < -0.4 is 10.0 Å². The monoisotopic (exact) mass is 316 g/mol. The number of sulfonamides is 1. The van der Waals surface area contributed by atoms with E-state index in [0.717, 1.165) is 19.3 Å². The van der Waals surface area contributed by atoms with Crippen LogP contribution in [0.1, 0.15) is 38.4 Å². The highest BCUT2D eigenvalue weighted by Gasteiger charge is 2.32. The lowest BCUT2D eigenvalue weighted by atomic mass is 9.79. The average Bonchev–Trinajstić information content (AvgIpc) is 2.88. The maximum absolute atomic E-state index is 11.6. The van der Waals surface area contributed by atoms with Gasteiger partial charge in [0.15, 0.2) is 0 Å². The Morgan fingerprint density at radius 3 is 2.90 bits per heavy atom. The van der Waals surface area contributed by atoms with Crippen LogP contribution >= 0.6 is 0 Å². The SMILES string of the molecule is CNS(=O)(=O)c1ccc(CNCC2(O)CCCC(C)C2)o1. The minimum absolute atomic E-state index is 0.0909. The summed E-state index contributed by atoms with van der Waals surface area (Å²) in [6, 6.07) is 3.06. The molecule has 1 aromatic rings. The number of hydrogen-bond acceptors (Lipinski definition) is 5. The van der Waals surface area contributed by atoms with E-state index in [9.17, 15) is 13.5 Å². The molecule has 0 spiro atoms. The van der Waals surface area contributed by atoms with E-state index in [4.69, 9.17) is 4.42 Å². The second-order valence-electron chi connectivity index (χ2n) is 5.96. The van der Waals surface area contributed by atoms with E-state index >= 15 is 0 Å². The molecule has 0 bridgehead atoms. The maximum Gasteiger partial charge on any atom is 0.273 e. The normalized spacial score (nSPS) is 26.9. The van der Waals surface area contributed by atoms with Crippen molar-refractivity contribution in [3.05, 3.63) is 17.9 Å². The molecule has 2 rings (SSSR count). The Balaban J connectivity index is 1.87. The van der Waals surface area contributed by atoms with Gasteiger partial charge in [-0.15, -0.1) is 0 Å². The first-order valence-corrected chi connectivity index (χ1v) is 8.78. The van der Waals surface area contributed by atoms with Crippen LogP contribution in [-0.2, 0) is 16.6 Å². The van der Waals surface area contributed by atoms with Crippen LogP contribution in [0.3, 0.4) is 0 Å². The summed E-state index contributed by atoms with van der Waals surface area (Å²) >= 11 is 0. The lowest BCUT2D eigenvalue weighted by molar-refractivity contribution is -0.0122. The van der Waals surface area contributed by atoms with Crippen molar-refractivity contribution in [1.82, 2.24) is 10.0 Å². The molecule has 2 unspecified atom stereocenters. The largest absolute Gasteiger partial charge is 0.447 e. The number of rotatable bonds is 6. The molecule has 1 saturated carbocycles. The van der Waals surface area contributed by atoms with Gasteiger partial charge in [0.05, 0.1) is 12.1 Å². The van der Waals surface area contributed by atoms with Crippen molar-refractivity contribution in [2.75, 3.05) is 13.6 Å². The fourth-order valence-electron chi connectivity index (χ4n) is 2.91. The van der Waals surface area contributed by atoms with Gasteiger partial charge in [0.2, 0.25) is 5.09 Å². The summed E-state index contributed by atoms with van der Waals surface area (Å²) < 4.78 is 30.6. The molecule has 1 aromatic heterocycles. The molecule has 1 fully saturated rings. The lowest BCUT2D eigenvalue weighted by Crippen LogP contribution is -2.43. The summed E-state index contributed by atoms with van der Waals surface area (Å²) in [6.07, 6.45) is 3.83. The fraction of sp³-hybridized carbons (Fsp3) is 0.714. The summed E-state index contributed by atoms with van der Waals surface area (Å²) in [7, 11) is -2.19. The molecule has 1 aliphatic carbocycles. The fourth-order valence-corrected chi connectivity index (χ4v) is 3.57. The highest BCUT2D eigenvalue weighted by Crippen LogP contribution is 2.31. The molecular formula is C14H24N2O4S. The molecule has 0 radical (unpaired) electrons. The Labute approximate surface area is 126 Å². The maximum atomic E-state index is 11.6. The number of furan rings is 1. The Morgan fingerprint density at radius 1 is 1.48 bits per heavy atom. The third-order valence-electron chi connectivity index (χ3n) is 3.99. The van der Waals surface area contributed by atoms with Crippen molar-refractivity contribution >= 4 is 10.0 Å². The van der Waals surface area contributed by atoms with Crippen LogP contribution in [0.5, 0.6) is 0 Å². The minimum atomic E-state index is -3.54. The van der Waals surface area contributed by atoms with Gasteiger partial charge >= 0.3 is 0 Å². The van der Waals surface area contributed by atoms with E-state index in [1.807, 2.05) is 0 Å². The molecular weight excluding hydrogens is 292 g/mol. The summed E-state index contributed by atoms with van der Waals surface area (Å²) in [4.78, 5) is 0. The van der Waals surface area contributed by atoms with Crippen LogP contribution in [0, 0.1) is 5.92 Å². The Hall–Kier alpha value is -0.890. The Morgan fingerprint density at radius 2 is 2.24 bits per heavy atom. The summed E-state index contributed by atoms with van der Waals surface area (Å²) in [6.45, 7) is 3.05. The van der Waals surface area contributed by atoms with Crippen LogP contribution in [-0.4, -0.2) is 32.7 Å². The topological polar surface area (TPSA) is 91.6 Å². The molecule has 3 N–H and O–H groups in total. The second-order valence-corrected chi connectivity index (χ2v) is 7.78. The van der Waals surface area contributed by atoms with E-state index in [0.29, 0.717) is 24.8 Å². The Kier molecular flexibility index (Phi) is 5.08. The zero-order valence-corrected chi connectivity index (χ0v) is 13.4. The quantitative estimate of drug-likeness (QED) is 0.734.